The Hall–Kier alpha value is -2.09. The highest BCUT2D eigenvalue weighted by Gasteiger charge is 2.34. The first kappa shape index (κ1) is 10.1. The van der Waals surface area contributed by atoms with Crippen LogP contribution in [-0.2, 0) is 4.79 Å². The third-order valence-corrected chi connectivity index (χ3v) is 3.06. The molecule has 1 atom stereocenters. The Bertz CT molecular complexity index is 573. The quantitative estimate of drug-likeness (QED) is 0.549. The average molecular weight is 224 g/mol. The summed E-state index contributed by atoms with van der Waals surface area (Å²) in [4.78, 5) is 11.9. The average Bonchev–Trinajstić information content (AvgIpc) is 2.65. The molecule has 1 aliphatic heterocycles. The predicted molar refractivity (Wildman–Crippen MR) is 65.1 cm³/mol. The van der Waals surface area contributed by atoms with Crippen molar-refractivity contribution in [1.82, 2.24) is 0 Å². The molecule has 3 rings (SSSR count). The third kappa shape index (κ3) is 1.62. The lowest BCUT2D eigenvalue weighted by molar-refractivity contribution is -0.133. The third-order valence-electron chi connectivity index (χ3n) is 3.06. The Kier molecular flexibility index (Phi) is 2.22. The lowest BCUT2D eigenvalue weighted by Gasteiger charge is -2.07. The fourth-order valence-electron chi connectivity index (χ4n) is 2.24. The molecule has 2 nitrogen and oxygen atoms in total. The van der Waals surface area contributed by atoms with Crippen LogP contribution in [0.3, 0.4) is 0 Å². The van der Waals surface area contributed by atoms with Gasteiger partial charge in [-0.25, -0.2) is 0 Å². The zero-order valence-electron chi connectivity index (χ0n) is 9.51. The minimum Gasteiger partial charge on any atom is -0.425 e. The molecular weight excluding hydrogens is 212 g/mol. The van der Waals surface area contributed by atoms with Crippen LogP contribution in [0.15, 0.2) is 48.5 Å². The van der Waals surface area contributed by atoms with Crippen molar-refractivity contribution in [2.24, 2.45) is 0 Å². The molecule has 0 fully saturated rings. The molecule has 2 heteroatoms. The molecule has 0 aliphatic carbocycles. The van der Waals surface area contributed by atoms with Crippen molar-refractivity contribution in [2.75, 3.05) is 0 Å². The van der Waals surface area contributed by atoms with Gasteiger partial charge in [0.1, 0.15) is 11.7 Å². The van der Waals surface area contributed by atoms with E-state index in [1.165, 1.54) is 0 Å². The van der Waals surface area contributed by atoms with Gasteiger partial charge in [0, 0.05) is 5.56 Å². The lowest BCUT2D eigenvalue weighted by atomic mass is 9.92. The van der Waals surface area contributed by atoms with Crippen LogP contribution in [-0.4, -0.2) is 5.97 Å². The van der Waals surface area contributed by atoms with E-state index >= 15 is 0 Å². The fourth-order valence-corrected chi connectivity index (χ4v) is 2.24. The van der Waals surface area contributed by atoms with Crippen molar-refractivity contribution in [1.29, 1.82) is 0 Å². The van der Waals surface area contributed by atoms with Gasteiger partial charge in [-0.1, -0.05) is 48.0 Å². The van der Waals surface area contributed by atoms with Gasteiger partial charge < -0.3 is 4.74 Å². The SMILES string of the molecule is Cc1ccc2c(c1)[C@@H](c1ccccc1)C(=O)O2. The standard InChI is InChI=1S/C15H12O2/c1-10-7-8-13-12(9-10)14(15(16)17-13)11-5-3-2-4-6-11/h2-9,14H,1H3/t14-/m1/s1. The molecule has 0 amide bonds. The van der Waals surface area contributed by atoms with Crippen LogP contribution in [0.25, 0.3) is 0 Å². The number of hydrogen-bond acceptors (Lipinski definition) is 2. The van der Waals surface area contributed by atoms with Gasteiger partial charge in [-0.15, -0.1) is 0 Å². The molecular formula is C15H12O2. The second-order valence-corrected chi connectivity index (χ2v) is 4.31. The van der Waals surface area contributed by atoms with Crippen LogP contribution in [0.5, 0.6) is 5.75 Å². The van der Waals surface area contributed by atoms with Gasteiger partial charge in [-0.05, 0) is 18.6 Å². The topological polar surface area (TPSA) is 26.3 Å². The lowest BCUT2D eigenvalue weighted by Crippen LogP contribution is -2.11. The van der Waals surface area contributed by atoms with E-state index < -0.39 is 0 Å². The van der Waals surface area contributed by atoms with Gasteiger partial charge in [0.2, 0.25) is 0 Å². The molecule has 0 spiro atoms. The highest BCUT2D eigenvalue weighted by molar-refractivity contribution is 5.89. The summed E-state index contributed by atoms with van der Waals surface area (Å²) < 4.78 is 5.29. The van der Waals surface area contributed by atoms with Crippen molar-refractivity contribution in [3.63, 3.8) is 0 Å². The molecule has 2 aromatic carbocycles. The largest absolute Gasteiger partial charge is 0.425 e. The Morgan fingerprint density at radius 1 is 1.06 bits per heavy atom. The van der Waals surface area contributed by atoms with Crippen molar-refractivity contribution in [3.8, 4) is 5.75 Å². The van der Waals surface area contributed by atoms with Gasteiger partial charge in [0.25, 0.3) is 0 Å². The number of benzene rings is 2. The molecule has 0 bridgehead atoms. The highest BCUT2D eigenvalue weighted by atomic mass is 16.5. The first-order valence-electron chi connectivity index (χ1n) is 5.63. The molecule has 84 valence electrons. The summed E-state index contributed by atoms with van der Waals surface area (Å²) in [5.74, 6) is 0.234. The summed E-state index contributed by atoms with van der Waals surface area (Å²) in [6.45, 7) is 2.02. The summed E-state index contributed by atoms with van der Waals surface area (Å²) in [5.41, 5.74) is 3.10. The summed E-state index contributed by atoms with van der Waals surface area (Å²) in [5, 5.41) is 0. The molecule has 0 saturated carbocycles. The molecule has 0 unspecified atom stereocenters. The van der Waals surface area contributed by atoms with Crippen LogP contribution < -0.4 is 4.74 Å². The van der Waals surface area contributed by atoms with Gasteiger partial charge in [-0.3, -0.25) is 4.79 Å². The Labute approximate surface area is 99.9 Å². The minimum atomic E-state index is -0.272. The van der Waals surface area contributed by atoms with Crippen molar-refractivity contribution in [3.05, 3.63) is 65.2 Å². The number of esters is 1. The number of rotatable bonds is 1. The summed E-state index contributed by atoms with van der Waals surface area (Å²) in [6, 6.07) is 15.6. The molecule has 0 radical (unpaired) electrons. The molecule has 0 aromatic heterocycles. The number of carbonyl (C=O) groups excluding carboxylic acids is 1. The van der Waals surface area contributed by atoms with Gasteiger partial charge >= 0.3 is 5.97 Å². The van der Waals surface area contributed by atoms with E-state index in [0.29, 0.717) is 5.75 Å². The number of fused-ring (bicyclic) bond motifs is 1. The van der Waals surface area contributed by atoms with Crippen LogP contribution in [0.1, 0.15) is 22.6 Å². The minimum absolute atomic E-state index is 0.184. The Morgan fingerprint density at radius 3 is 2.59 bits per heavy atom. The summed E-state index contributed by atoms with van der Waals surface area (Å²) >= 11 is 0. The maximum Gasteiger partial charge on any atom is 0.323 e. The Morgan fingerprint density at radius 2 is 1.82 bits per heavy atom. The zero-order chi connectivity index (χ0) is 11.8. The van der Waals surface area contributed by atoms with E-state index in [9.17, 15) is 4.79 Å². The molecule has 1 aliphatic rings. The summed E-state index contributed by atoms with van der Waals surface area (Å²) in [6.07, 6.45) is 0. The van der Waals surface area contributed by atoms with Gasteiger partial charge in [0.15, 0.2) is 0 Å². The zero-order valence-corrected chi connectivity index (χ0v) is 9.51. The van der Waals surface area contributed by atoms with Crippen LogP contribution in [0.2, 0.25) is 0 Å². The number of ether oxygens (including phenoxy) is 1. The summed E-state index contributed by atoms with van der Waals surface area (Å²) in [7, 11) is 0. The number of carbonyl (C=O) groups is 1. The van der Waals surface area contributed by atoms with Crippen LogP contribution in [0.4, 0.5) is 0 Å². The van der Waals surface area contributed by atoms with Crippen LogP contribution in [0, 0.1) is 6.92 Å². The fraction of sp³-hybridized carbons (Fsp3) is 0.133. The van der Waals surface area contributed by atoms with E-state index in [4.69, 9.17) is 4.74 Å². The predicted octanol–water partition coefficient (Wildman–Crippen LogP) is 3.05. The molecule has 2 aromatic rings. The number of hydrogen-bond donors (Lipinski definition) is 0. The normalized spacial score (nSPS) is 17.7. The van der Waals surface area contributed by atoms with E-state index in [1.807, 2.05) is 55.5 Å². The number of aryl methyl sites for hydroxylation is 1. The highest BCUT2D eigenvalue weighted by Crippen LogP contribution is 2.39. The van der Waals surface area contributed by atoms with Crippen molar-refractivity contribution in [2.45, 2.75) is 12.8 Å². The van der Waals surface area contributed by atoms with Crippen molar-refractivity contribution >= 4 is 5.97 Å². The Balaban J connectivity index is 2.14. The maximum atomic E-state index is 11.9. The second kappa shape index (κ2) is 3.74. The van der Waals surface area contributed by atoms with Crippen LogP contribution >= 0.6 is 0 Å². The van der Waals surface area contributed by atoms with E-state index in [-0.39, 0.29) is 11.9 Å². The maximum absolute atomic E-state index is 11.9. The molecule has 0 N–H and O–H groups in total. The van der Waals surface area contributed by atoms with Gasteiger partial charge in [-0.2, -0.15) is 0 Å². The van der Waals surface area contributed by atoms with E-state index in [0.717, 1.165) is 16.7 Å². The van der Waals surface area contributed by atoms with E-state index in [1.54, 1.807) is 0 Å². The van der Waals surface area contributed by atoms with E-state index in [2.05, 4.69) is 0 Å². The monoisotopic (exact) mass is 224 g/mol. The van der Waals surface area contributed by atoms with Crippen molar-refractivity contribution < 1.29 is 9.53 Å². The molecule has 1 heterocycles. The smallest absolute Gasteiger partial charge is 0.323 e. The van der Waals surface area contributed by atoms with Gasteiger partial charge in [0.05, 0.1) is 0 Å². The first-order valence-corrected chi connectivity index (χ1v) is 5.63. The molecule has 0 saturated heterocycles. The first-order chi connectivity index (χ1) is 8.25. The second-order valence-electron chi connectivity index (χ2n) is 4.31. The molecule has 17 heavy (non-hydrogen) atoms.